The molecule has 0 atom stereocenters. The molecular weight excluding hydrogens is 364 g/mol. The number of tetrazole rings is 1. The number of pyridine rings is 1. The third kappa shape index (κ3) is 2.77. The Bertz CT molecular complexity index is 1180. The van der Waals surface area contributed by atoms with Crippen molar-refractivity contribution in [2.45, 2.75) is 6.92 Å². The monoisotopic (exact) mass is 378 g/mol. The number of amides is 2. The fraction of sp³-hybridized carbons (Fsp3) is 0.111. The largest absolute Gasteiger partial charge is 0.298 e. The van der Waals surface area contributed by atoms with E-state index in [-0.39, 0.29) is 17.2 Å². The topological polar surface area (TPSA) is 92.5 Å². The Morgan fingerprint density at radius 2 is 2.11 bits per heavy atom. The number of nitrogens with one attached hydrogen (secondary N) is 1. The molecule has 1 aromatic carbocycles. The molecule has 0 bridgehead atoms. The van der Waals surface area contributed by atoms with Crippen LogP contribution in [0.4, 0.5) is 0 Å². The number of aryl methyl sites for hydroxylation is 1. The zero-order valence-electron chi connectivity index (χ0n) is 14.3. The highest BCUT2D eigenvalue weighted by Crippen LogP contribution is 2.23. The average Bonchev–Trinajstić information content (AvgIpc) is 3.13. The van der Waals surface area contributed by atoms with Crippen LogP contribution in [0.15, 0.2) is 42.5 Å². The van der Waals surface area contributed by atoms with Crippen LogP contribution < -0.4 is 5.32 Å². The van der Waals surface area contributed by atoms with E-state index in [1.165, 1.54) is 17.1 Å². The molecule has 4 rings (SSSR count). The molecule has 2 aromatic heterocycles. The number of aromatic nitrogens is 4. The van der Waals surface area contributed by atoms with Gasteiger partial charge in [-0.3, -0.25) is 19.8 Å². The summed E-state index contributed by atoms with van der Waals surface area (Å²) in [6, 6.07) is 7.73. The van der Waals surface area contributed by atoms with Gasteiger partial charge in [0, 0.05) is 17.5 Å². The third-order valence-electron chi connectivity index (χ3n) is 4.25. The van der Waals surface area contributed by atoms with E-state index < -0.39 is 11.8 Å². The molecule has 3 aromatic rings. The summed E-state index contributed by atoms with van der Waals surface area (Å²) in [6.07, 6.45) is 3.03. The Morgan fingerprint density at radius 3 is 2.89 bits per heavy atom. The zero-order chi connectivity index (χ0) is 19.1. The molecule has 0 unspecified atom stereocenters. The lowest BCUT2D eigenvalue weighted by Gasteiger charge is -2.27. The van der Waals surface area contributed by atoms with E-state index in [9.17, 15) is 9.59 Å². The van der Waals surface area contributed by atoms with Crippen molar-refractivity contribution in [3.8, 4) is 0 Å². The number of carbonyl (C=O) groups excluding carboxylic acids is 2. The Balaban J connectivity index is 1.90. The maximum atomic E-state index is 12.7. The summed E-state index contributed by atoms with van der Waals surface area (Å²) in [5, 5.41) is 15.3. The number of thiocarbonyl (C=S) groups is 1. The quantitative estimate of drug-likeness (QED) is 0.321. The van der Waals surface area contributed by atoms with Gasteiger partial charge in [0.25, 0.3) is 11.8 Å². The summed E-state index contributed by atoms with van der Waals surface area (Å²) >= 11 is 5.06. The first-order chi connectivity index (χ1) is 13.0. The van der Waals surface area contributed by atoms with Crippen molar-refractivity contribution in [1.82, 2.24) is 30.3 Å². The van der Waals surface area contributed by atoms with Crippen LogP contribution in [-0.4, -0.2) is 48.4 Å². The molecule has 1 N–H and O–H groups in total. The van der Waals surface area contributed by atoms with Gasteiger partial charge in [0.2, 0.25) is 0 Å². The fourth-order valence-corrected chi connectivity index (χ4v) is 3.22. The summed E-state index contributed by atoms with van der Waals surface area (Å²) in [6.45, 7) is 5.79. The second kappa shape index (κ2) is 6.36. The van der Waals surface area contributed by atoms with E-state index in [1.54, 1.807) is 4.52 Å². The average molecular weight is 378 g/mol. The maximum absolute atomic E-state index is 12.7. The van der Waals surface area contributed by atoms with Crippen LogP contribution in [0.1, 0.15) is 11.1 Å². The van der Waals surface area contributed by atoms with Crippen molar-refractivity contribution in [3.05, 3.63) is 53.6 Å². The molecule has 1 aliphatic heterocycles. The summed E-state index contributed by atoms with van der Waals surface area (Å²) < 4.78 is 1.59. The SMILES string of the molecule is C=CCN1C(=O)/C(=C\c2cc3ccc(C)cc3n3nnnc23)C(=O)NC1=S. The minimum atomic E-state index is -0.556. The smallest absolute Gasteiger partial charge is 0.265 e. The second-order valence-electron chi connectivity index (χ2n) is 6.10. The first kappa shape index (κ1) is 17.0. The van der Waals surface area contributed by atoms with Gasteiger partial charge in [-0.05, 0) is 53.3 Å². The molecule has 0 saturated carbocycles. The number of fused-ring (bicyclic) bond motifs is 3. The van der Waals surface area contributed by atoms with E-state index in [1.807, 2.05) is 31.2 Å². The molecule has 1 saturated heterocycles. The minimum absolute atomic E-state index is 0.0400. The van der Waals surface area contributed by atoms with Crippen LogP contribution in [-0.2, 0) is 9.59 Å². The Hall–Kier alpha value is -3.46. The molecule has 8 nitrogen and oxygen atoms in total. The van der Waals surface area contributed by atoms with Gasteiger partial charge in [-0.15, -0.1) is 11.7 Å². The predicted octanol–water partition coefficient (Wildman–Crippen LogP) is 1.40. The van der Waals surface area contributed by atoms with E-state index in [0.29, 0.717) is 11.2 Å². The highest BCUT2D eigenvalue weighted by atomic mass is 32.1. The van der Waals surface area contributed by atoms with Crippen molar-refractivity contribution in [2.24, 2.45) is 0 Å². The van der Waals surface area contributed by atoms with Gasteiger partial charge in [0.05, 0.1) is 5.52 Å². The Kier molecular flexibility index (Phi) is 4.00. The van der Waals surface area contributed by atoms with Crippen molar-refractivity contribution in [3.63, 3.8) is 0 Å². The van der Waals surface area contributed by atoms with Gasteiger partial charge in [0.1, 0.15) is 5.57 Å². The molecule has 9 heteroatoms. The van der Waals surface area contributed by atoms with Gasteiger partial charge in [-0.1, -0.05) is 18.2 Å². The Morgan fingerprint density at radius 1 is 1.30 bits per heavy atom. The summed E-state index contributed by atoms with van der Waals surface area (Å²) in [5.41, 5.74) is 2.87. The van der Waals surface area contributed by atoms with Gasteiger partial charge < -0.3 is 0 Å². The normalized spacial score (nSPS) is 16.4. The van der Waals surface area contributed by atoms with E-state index in [2.05, 4.69) is 27.4 Å². The first-order valence-corrected chi connectivity index (χ1v) is 8.51. The number of hydrogen-bond donors (Lipinski definition) is 1. The highest BCUT2D eigenvalue weighted by molar-refractivity contribution is 7.80. The summed E-state index contributed by atoms with van der Waals surface area (Å²) in [5.74, 6) is -1.04. The first-order valence-electron chi connectivity index (χ1n) is 8.11. The molecule has 0 spiro atoms. The third-order valence-corrected chi connectivity index (χ3v) is 4.57. The standard InChI is InChI=1S/C18H14N6O2S/c1-3-6-23-17(26)13(16(25)19-18(23)27)9-12-8-11-5-4-10(2)7-14(11)24-15(12)20-21-22-24/h3-5,7-9H,1,6H2,2H3,(H,19,25,27)/b13-9-. The second-order valence-corrected chi connectivity index (χ2v) is 6.48. The van der Waals surface area contributed by atoms with E-state index in [4.69, 9.17) is 12.2 Å². The molecule has 0 radical (unpaired) electrons. The van der Waals surface area contributed by atoms with Crippen LogP contribution in [0.3, 0.4) is 0 Å². The number of nitrogens with zero attached hydrogens (tertiary/aromatic N) is 5. The van der Waals surface area contributed by atoms with E-state index >= 15 is 0 Å². The molecule has 27 heavy (non-hydrogen) atoms. The fourth-order valence-electron chi connectivity index (χ4n) is 2.97. The lowest BCUT2D eigenvalue weighted by molar-refractivity contribution is -0.128. The number of benzene rings is 1. The van der Waals surface area contributed by atoms with Crippen LogP contribution >= 0.6 is 12.2 Å². The summed E-state index contributed by atoms with van der Waals surface area (Å²) in [7, 11) is 0. The van der Waals surface area contributed by atoms with Gasteiger partial charge >= 0.3 is 0 Å². The molecule has 2 amide bonds. The lowest BCUT2D eigenvalue weighted by atomic mass is 10.1. The molecule has 134 valence electrons. The van der Waals surface area contributed by atoms with E-state index in [0.717, 1.165) is 16.5 Å². The van der Waals surface area contributed by atoms with Gasteiger partial charge in [-0.25, -0.2) is 0 Å². The lowest BCUT2D eigenvalue weighted by Crippen LogP contribution is -2.53. The molecule has 3 heterocycles. The van der Waals surface area contributed by atoms with Crippen LogP contribution in [0, 0.1) is 6.92 Å². The molecule has 1 fully saturated rings. The van der Waals surface area contributed by atoms with Crippen molar-refractivity contribution in [2.75, 3.05) is 6.54 Å². The maximum Gasteiger partial charge on any atom is 0.265 e. The Labute approximate surface area is 159 Å². The zero-order valence-corrected chi connectivity index (χ0v) is 15.2. The highest BCUT2D eigenvalue weighted by Gasteiger charge is 2.32. The predicted molar refractivity (Wildman–Crippen MR) is 104 cm³/mol. The van der Waals surface area contributed by atoms with Crippen molar-refractivity contribution >= 4 is 51.8 Å². The van der Waals surface area contributed by atoms with Gasteiger partial charge in [0.15, 0.2) is 10.8 Å². The molecule has 1 aliphatic rings. The number of rotatable bonds is 3. The van der Waals surface area contributed by atoms with Crippen LogP contribution in [0.5, 0.6) is 0 Å². The van der Waals surface area contributed by atoms with Crippen LogP contribution in [0.25, 0.3) is 22.6 Å². The van der Waals surface area contributed by atoms with Crippen LogP contribution in [0.2, 0.25) is 0 Å². The van der Waals surface area contributed by atoms with Gasteiger partial charge in [-0.2, -0.15) is 4.52 Å². The molecule has 0 aliphatic carbocycles. The molecular formula is C18H14N6O2S. The van der Waals surface area contributed by atoms with Crippen molar-refractivity contribution in [1.29, 1.82) is 0 Å². The van der Waals surface area contributed by atoms with Crippen molar-refractivity contribution < 1.29 is 9.59 Å². The number of carbonyl (C=O) groups is 2. The minimum Gasteiger partial charge on any atom is -0.298 e. The summed E-state index contributed by atoms with van der Waals surface area (Å²) in [4.78, 5) is 26.4. The number of hydrogen-bond acceptors (Lipinski definition) is 6.